The fourth-order valence-corrected chi connectivity index (χ4v) is 3.33. The van der Waals surface area contributed by atoms with Crippen LogP contribution in [0.3, 0.4) is 0 Å². The molecule has 0 bridgehead atoms. The van der Waals surface area contributed by atoms with Gasteiger partial charge in [-0.05, 0) is 12.3 Å². The minimum absolute atomic E-state index is 0.141. The lowest BCUT2D eigenvalue weighted by Gasteiger charge is -2.16. The molecule has 0 unspecified atom stereocenters. The third-order valence-corrected chi connectivity index (χ3v) is 4.27. The van der Waals surface area contributed by atoms with E-state index in [2.05, 4.69) is 0 Å². The summed E-state index contributed by atoms with van der Waals surface area (Å²) in [5.74, 6) is 0.322. The van der Waals surface area contributed by atoms with Gasteiger partial charge in [-0.25, -0.2) is 8.42 Å². The van der Waals surface area contributed by atoms with E-state index < -0.39 is 16.1 Å². The van der Waals surface area contributed by atoms with Gasteiger partial charge in [-0.15, -0.1) is 0 Å². The maximum Gasteiger partial charge on any atom is 0.214 e. The van der Waals surface area contributed by atoms with Gasteiger partial charge in [0.2, 0.25) is 10.0 Å². The monoisotopic (exact) mass is 207 g/mol. The topological polar surface area (TPSA) is 57.6 Å². The van der Waals surface area contributed by atoms with Crippen molar-refractivity contribution in [2.45, 2.75) is 26.4 Å². The summed E-state index contributed by atoms with van der Waals surface area (Å²) in [6, 6.07) is 0. The second kappa shape index (κ2) is 3.94. The summed E-state index contributed by atoms with van der Waals surface area (Å²) in [4.78, 5) is 0. The Morgan fingerprint density at radius 2 is 2.15 bits per heavy atom. The lowest BCUT2D eigenvalue weighted by molar-refractivity contribution is 0.189. The predicted octanol–water partition coefficient (Wildman–Crippen LogP) is 0.0388. The van der Waals surface area contributed by atoms with Crippen molar-refractivity contribution in [3.8, 4) is 0 Å². The zero-order valence-corrected chi connectivity index (χ0v) is 8.92. The van der Waals surface area contributed by atoms with Gasteiger partial charge in [0.25, 0.3) is 0 Å². The quantitative estimate of drug-likeness (QED) is 0.711. The van der Waals surface area contributed by atoms with Crippen LogP contribution < -0.4 is 0 Å². The number of hydrogen-bond acceptors (Lipinski definition) is 3. The van der Waals surface area contributed by atoms with E-state index in [-0.39, 0.29) is 18.2 Å². The van der Waals surface area contributed by atoms with E-state index in [4.69, 9.17) is 0 Å². The van der Waals surface area contributed by atoms with Crippen LogP contribution in [-0.4, -0.2) is 42.8 Å². The molecule has 0 saturated carbocycles. The molecule has 0 aliphatic carbocycles. The molecule has 1 N–H and O–H groups in total. The van der Waals surface area contributed by atoms with Crippen molar-refractivity contribution in [1.82, 2.24) is 4.31 Å². The predicted molar refractivity (Wildman–Crippen MR) is 50.8 cm³/mol. The van der Waals surface area contributed by atoms with Gasteiger partial charge in [0.15, 0.2) is 0 Å². The van der Waals surface area contributed by atoms with Crippen molar-refractivity contribution in [2.24, 2.45) is 5.92 Å². The van der Waals surface area contributed by atoms with Crippen LogP contribution in [0.2, 0.25) is 0 Å². The molecule has 4 nitrogen and oxygen atoms in total. The van der Waals surface area contributed by atoms with Crippen molar-refractivity contribution >= 4 is 10.0 Å². The van der Waals surface area contributed by atoms with Gasteiger partial charge in [0, 0.05) is 13.1 Å². The first-order valence-electron chi connectivity index (χ1n) is 4.57. The van der Waals surface area contributed by atoms with Crippen LogP contribution in [0, 0.1) is 5.92 Å². The minimum Gasteiger partial charge on any atom is -0.392 e. The van der Waals surface area contributed by atoms with Crippen LogP contribution in [-0.2, 0) is 10.0 Å². The van der Waals surface area contributed by atoms with Crippen LogP contribution in [0.15, 0.2) is 0 Å². The normalized spacial score (nSPS) is 25.7. The number of aliphatic hydroxyl groups excluding tert-OH is 1. The van der Waals surface area contributed by atoms with E-state index in [0.717, 1.165) is 0 Å². The van der Waals surface area contributed by atoms with Crippen LogP contribution in [0.4, 0.5) is 0 Å². The average Bonchev–Trinajstić information content (AvgIpc) is 2.32. The highest BCUT2D eigenvalue weighted by Crippen LogP contribution is 2.15. The molecule has 0 radical (unpaired) electrons. The van der Waals surface area contributed by atoms with Crippen LogP contribution >= 0.6 is 0 Å². The van der Waals surface area contributed by atoms with Crippen molar-refractivity contribution in [2.75, 3.05) is 18.8 Å². The Labute approximate surface area is 79.6 Å². The third kappa shape index (κ3) is 2.93. The summed E-state index contributed by atoms with van der Waals surface area (Å²) < 4.78 is 24.6. The Morgan fingerprint density at radius 1 is 1.54 bits per heavy atom. The highest BCUT2D eigenvalue weighted by molar-refractivity contribution is 7.89. The molecule has 0 spiro atoms. The highest BCUT2D eigenvalue weighted by atomic mass is 32.2. The molecule has 0 aromatic rings. The van der Waals surface area contributed by atoms with E-state index in [0.29, 0.717) is 13.0 Å². The molecule has 1 aliphatic heterocycles. The lowest BCUT2D eigenvalue weighted by Crippen LogP contribution is -2.33. The van der Waals surface area contributed by atoms with E-state index in [9.17, 15) is 13.5 Å². The van der Waals surface area contributed by atoms with E-state index in [1.165, 1.54) is 4.31 Å². The average molecular weight is 207 g/mol. The molecule has 1 rings (SSSR count). The molecule has 1 fully saturated rings. The molecular weight excluding hydrogens is 190 g/mol. The summed E-state index contributed by atoms with van der Waals surface area (Å²) in [7, 11) is -3.12. The molecule has 5 heteroatoms. The van der Waals surface area contributed by atoms with Gasteiger partial charge >= 0.3 is 0 Å². The number of rotatable bonds is 3. The summed E-state index contributed by atoms with van der Waals surface area (Å²) in [6.45, 7) is 4.50. The maximum atomic E-state index is 11.6. The smallest absolute Gasteiger partial charge is 0.214 e. The molecule has 0 aromatic heterocycles. The fourth-order valence-electron chi connectivity index (χ4n) is 1.49. The summed E-state index contributed by atoms with van der Waals surface area (Å²) >= 11 is 0. The van der Waals surface area contributed by atoms with Crippen LogP contribution in [0.25, 0.3) is 0 Å². The Bertz CT molecular complexity index is 261. The summed E-state index contributed by atoms with van der Waals surface area (Å²) in [6.07, 6.45) is 0.0964. The minimum atomic E-state index is -3.12. The first-order chi connectivity index (χ1) is 5.92. The zero-order valence-electron chi connectivity index (χ0n) is 8.10. The van der Waals surface area contributed by atoms with Gasteiger partial charge in [-0.1, -0.05) is 13.8 Å². The van der Waals surface area contributed by atoms with Gasteiger partial charge < -0.3 is 5.11 Å². The molecule has 1 atom stereocenters. The zero-order chi connectivity index (χ0) is 10.1. The van der Waals surface area contributed by atoms with Crippen molar-refractivity contribution in [3.63, 3.8) is 0 Å². The number of aliphatic hydroxyl groups is 1. The number of nitrogens with zero attached hydrogens (tertiary/aromatic N) is 1. The van der Waals surface area contributed by atoms with Gasteiger partial charge in [0.1, 0.15) is 0 Å². The Hall–Kier alpha value is -0.130. The maximum absolute atomic E-state index is 11.6. The van der Waals surface area contributed by atoms with Gasteiger partial charge in [0.05, 0.1) is 11.9 Å². The second-order valence-electron chi connectivity index (χ2n) is 3.97. The molecule has 1 aliphatic rings. The van der Waals surface area contributed by atoms with Gasteiger partial charge in [-0.3, -0.25) is 0 Å². The number of hydrogen-bond donors (Lipinski definition) is 1. The number of sulfonamides is 1. The van der Waals surface area contributed by atoms with Crippen molar-refractivity contribution < 1.29 is 13.5 Å². The lowest BCUT2D eigenvalue weighted by atomic mass is 10.3. The fraction of sp³-hybridized carbons (Fsp3) is 1.00. The SMILES string of the molecule is CC(C)CS(=O)(=O)N1CC[C@@H](O)C1. The first kappa shape index (κ1) is 10.9. The molecule has 1 heterocycles. The Kier molecular flexibility index (Phi) is 3.32. The molecule has 1 saturated heterocycles. The summed E-state index contributed by atoms with van der Waals surface area (Å²) in [5, 5.41) is 9.19. The van der Waals surface area contributed by atoms with Crippen molar-refractivity contribution in [3.05, 3.63) is 0 Å². The number of β-amino-alcohol motifs (C(OH)–C–C–N with tert-alkyl or cyclic N) is 1. The molecular formula is C8H17NO3S. The van der Waals surface area contributed by atoms with Crippen LogP contribution in [0.5, 0.6) is 0 Å². The largest absolute Gasteiger partial charge is 0.392 e. The molecule has 0 aromatic carbocycles. The van der Waals surface area contributed by atoms with E-state index >= 15 is 0 Å². The van der Waals surface area contributed by atoms with Crippen molar-refractivity contribution in [1.29, 1.82) is 0 Å². The summed E-state index contributed by atoms with van der Waals surface area (Å²) in [5.41, 5.74) is 0. The first-order valence-corrected chi connectivity index (χ1v) is 6.18. The third-order valence-electron chi connectivity index (χ3n) is 2.06. The molecule has 13 heavy (non-hydrogen) atoms. The highest BCUT2D eigenvalue weighted by Gasteiger charge is 2.30. The van der Waals surface area contributed by atoms with Gasteiger partial charge in [-0.2, -0.15) is 4.31 Å². The van der Waals surface area contributed by atoms with E-state index in [1.807, 2.05) is 13.8 Å². The molecule has 78 valence electrons. The Balaban J connectivity index is 2.60. The second-order valence-corrected chi connectivity index (χ2v) is 5.99. The molecule has 0 amide bonds. The Morgan fingerprint density at radius 3 is 2.54 bits per heavy atom. The van der Waals surface area contributed by atoms with E-state index in [1.54, 1.807) is 0 Å². The van der Waals surface area contributed by atoms with Crippen LogP contribution in [0.1, 0.15) is 20.3 Å². The standard InChI is InChI=1S/C8H17NO3S/c1-7(2)6-13(11,12)9-4-3-8(10)5-9/h7-8,10H,3-6H2,1-2H3/t8-/m1/s1.